The van der Waals surface area contributed by atoms with Crippen LogP contribution < -0.4 is 0 Å². The van der Waals surface area contributed by atoms with E-state index in [4.69, 9.17) is 0 Å². The largest absolute Gasteiger partial charge is 0 e. The Hall–Kier alpha value is 3.23. The summed E-state index contributed by atoms with van der Waals surface area (Å²) in [4.78, 5) is 0. The average molecular weight is 544 g/mol. The molecule has 0 fully saturated rings. The average Bonchev–Trinajstić information content (AvgIpc) is 0. The van der Waals surface area contributed by atoms with E-state index >= 15 is 0 Å². The monoisotopic (exact) mass is 544 g/mol. The minimum atomic E-state index is 0. The first kappa shape index (κ1) is 26.9. The van der Waals surface area contributed by atoms with Gasteiger partial charge in [-0.15, -0.1) is 0 Å². The van der Waals surface area contributed by atoms with Crippen molar-refractivity contribution in [2.75, 3.05) is 0 Å². The van der Waals surface area contributed by atoms with Crippen LogP contribution in [0, 0.1) is 0 Å². The van der Waals surface area contributed by atoms with E-state index in [-0.39, 0.29) is 96.8 Å². The zero-order chi connectivity index (χ0) is 0. The SMILES string of the molecule is [Hf].[Nb].[Ta].[Zr]. The van der Waals surface area contributed by atoms with Gasteiger partial charge in [0.15, 0.2) is 0 Å². The van der Waals surface area contributed by atoms with Crippen molar-refractivity contribution in [2.45, 2.75) is 0 Å². The number of rotatable bonds is 0. The van der Waals surface area contributed by atoms with Crippen LogP contribution in [0.2, 0.25) is 0 Å². The molecular weight excluding hydrogens is 544 g/mol. The molecule has 0 aliphatic rings. The number of hydrogen-bond acceptors (Lipinski definition) is 0. The van der Waals surface area contributed by atoms with E-state index in [2.05, 4.69) is 0 Å². The molecule has 0 aromatic carbocycles. The minimum absolute atomic E-state index is 0. The van der Waals surface area contributed by atoms with Gasteiger partial charge in [0, 0.05) is 96.8 Å². The Bertz CT molecular complexity index is 8.00. The summed E-state index contributed by atoms with van der Waals surface area (Å²) in [5.74, 6) is 0. The molecule has 2 radical (unpaired) electrons. The van der Waals surface area contributed by atoms with E-state index < -0.39 is 0 Å². The van der Waals surface area contributed by atoms with Crippen LogP contribution in [0.5, 0.6) is 0 Å². The summed E-state index contributed by atoms with van der Waals surface area (Å²) in [7, 11) is 0. The summed E-state index contributed by atoms with van der Waals surface area (Å²) in [6.07, 6.45) is 0. The van der Waals surface area contributed by atoms with Gasteiger partial charge in [-0.3, -0.25) is 0 Å². The summed E-state index contributed by atoms with van der Waals surface area (Å²) < 4.78 is 0. The maximum absolute atomic E-state index is 0. The maximum Gasteiger partial charge on any atom is 0 e. The third-order valence-electron chi connectivity index (χ3n) is 0. The molecule has 0 aliphatic carbocycles. The molecule has 0 N–H and O–H groups in total. The molecule has 0 aromatic rings. The summed E-state index contributed by atoms with van der Waals surface area (Å²) in [5.41, 5.74) is 0. The molecule has 0 saturated heterocycles. The van der Waals surface area contributed by atoms with E-state index in [1.54, 1.807) is 0 Å². The van der Waals surface area contributed by atoms with E-state index in [1.165, 1.54) is 0 Å². The van der Waals surface area contributed by atoms with E-state index in [9.17, 15) is 0 Å². The fourth-order valence-corrected chi connectivity index (χ4v) is 0. The van der Waals surface area contributed by atoms with Gasteiger partial charge < -0.3 is 0 Å². The molecule has 4 heavy (non-hydrogen) atoms. The number of hydrogen-bond donors (Lipinski definition) is 0. The second-order valence-corrected chi connectivity index (χ2v) is 0. The Morgan fingerprint density at radius 1 is 1.00 bits per heavy atom. The first-order valence-electron chi connectivity index (χ1n) is 0. The molecule has 0 heterocycles. The van der Waals surface area contributed by atoms with E-state index in [0.717, 1.165) is 0 Å². The predicted octanol–water partition coefficient (Wildman–Crippen LogP) is -0.0100. The molecule has 18 valence electrons. The van der Waals surface area contributed by atoms with Gasteiger partial charge in [-0.1, -0.05) is 0 Å². The van der Waals surface area contributed by atoms with Gasteiger partial charge in [0.25, 0.3) is 0 Å². The molecular formula is HfNbTaZr. The molecule has 0 unspecified atom stereocenters. The molecule has 0 aliphatic heterocycles. The van der Waals surface area contributed by atoms with Gasteiger partial charge in [-0.25, -0.2) is 0 Å². The van der Waals surface area contributed by atoms with Crippen molar-refractivity contribution >= 4 is 0 Å². The van der Waals surface area contributed by atoms with Crippen LogP contribution in [-0.2, 0) is 96.8 Å². The molecule has 0 nitrogen and oxygen atoms in total. The summed E-state index contributed by atoms with van der Waals surface area (Å²) >= 11 is 0. The maximum atomic E-state index is 0. The molecule has 0 atom stereocenters. The van der Waals surface area contributed by atoms with Gasteiger partial charge >= 0.3 is 0 Å². The van der Waals surface area contributed by atoms with E-state index in [0.29, 0.717) is 0 Å². The third-order valence-corrected chi connectivity index (χ3v) is 0. The second kappa shape index (κ2) is 16.3. The third kappa shape index (κ3) is 8.97. The normalized spacial score (nSPS) is 0. The fourth-order valence-electron chi connectivity index (χ4n) is 0. The minimum Gasteiger partial charge on any atom is 0 e. The summed E-state index contributed by atoms with van der Waals surface area (Å²) in [6, 6.07) is 0. The Kier molecular flexibility index (Phi) is 110. The summed E-state index contributed by atoms with van der Waals surface area (Å²) in [6.45, 7) is 0. The van der Waals surface area contributed by atoms with Gasteiger partial charge in [0.1, 0.15) is 0 Å². The smallest absolute Gasteiger partial charge is 0 e. The van der Waals surface area contributed by atoms with E-state index in [1.807, 2.05) is 0 Å². The Balaban J connectivity index is 0. The quantitative estimate of drug-likeness (QED) is 0.378. The van der Waals surface area contributed by atoms with Crippen molar-refractivity contribution in [2.24, 2.45) is 0 Å². The molecule has 0 rings (SSSR count). The van der Waals surface area contributed by atoms with Crippen LogP contribution in [0.15, 0.2) is 0 Å². The first-order valence-corrected chi connectivity index (χ1v) is 0. The second-order valence-electron chi connectivity index (χ2n) is 0. The van der Waals surface area contributed by atoms with Crippen LogP contribution in [0.25, 0.3) is 0 Å². The Morgan fingerprint density at radius 2 is 1.00 bits per heavy atom. The Labute approximate surface area is 94.8 Å². The van der Waals surface area contributed by atoms with Gasteiger partial charge in [0.2, 0.25) is 0 Å². The predicted molar refractivity (Wildman–Crippen MR) is 0 cm³/mol. The molecule has 4 heteroatoms. The van der Waals surface area contributed by atoms with Crippen LogP contribution in [-0.4, -0.2) is 0 Å². The standard InChI is InChI=1S/Hf.Nb.Ta.Zr. The van der Waals surface area contributed by atoms with Gasteiger partial charge in [-0.05, 0) is 0 Å². The zero-order valence-corrected chi connectivity index (χ0v) is 13.4. The van der Waals surface area contributed by atoms with Crippen molar-refractivity contribution in [3.8, 4) is 0 Å². The summed E-state index contributed by atoms with van der Waals surface area (Å²) in [5, 5.41) is 0. The van der Waals surface area contributed by atoms with Crippen LogP contribution in [0.4, 0.5) is 0 Å². The van der Waals surface area contributed by atoms with Crippen molar-refractivity contribution in [3.63, 3.8) is 0 Å². The van der Waals surface area contributed by atoms with Crippen LogP contribution in [0.1, 0.15) is 0 Å². The first-order chi connectivity index (χ1) is 0. The van der Waals surface area contributed by atoms with Crippen LogP contribution in [0.3, 0.4) is 0 Å². The van der Waals surface area contributed by atoms with Crippen molar-refractivity contribution < 1.29 is 96.8 Å². The van der Waals surface area contributed by atoms with Crippen LogP contribution >= 0.6 is 0 Å². The molecule has 0 aromatic heterocycles. The molecule has 0 saturated carbocycles. The molecule has 0 spiro atoms. The molecule has 0 bridgehead atoms. The van der Waals surface area contributed by atoms with Gasteiger partial charge in [0.05, 0.1) is 0 Å². The molecule has 0 amide bonds. The zero-order valence-electron chi connectivity index (χ0n) is 1.89. The fraction of sp³-hybridized carbons (Fsp3) is 0. The van der Waals surface area contributed by atoms with Crippen molar-refractivity contribution in [3.05, 3.63) is 0 Å². The van der Waals surface area contributed by atoms with Gasteiger partial charge in [-0.2, -0.15) is 0 Å². The van der Waals surface area contributed by atoms with Crippen molar-refractivity contribution in [1.29, 1.82) is 0 Å². The van der Waals surface area contributed by atoms with Crippen molar-refractivity contribution in [1.82, 2.24) is 0 Å². The topological polar surface area (TPSA) is 0 Å². The Morgan fingerprint density at radius 3 is 1.00 bits per heavy atom.